The molecular weight excluding hydrogens is 477 g/mol. The van der Waals surface area contributed by atoms with Gasteiger partial charge in [-0.1, -0.05) is 0 Å². The maximum Gasteiger partial charge on any atom is 4.00 e. The molecule has 1 fully saturated rings. The van der Waals surface area contributed by atoms with Crippen molar-refractivity contribution < 1.29 is 65.8 Å². The summed E-state index contributed by atoms with van der Waals surface area (Å²) >= 11 is 0. The standard InChI is InChI=1S/C17H30N4O8.Zr/c22-14(23)10-18-2-1-3-19(11-15(24)25)5-7-21(13-17(28)29)9-8-20(6-4-18)12-16(26)27;/h1-13H2,(H,22,23)(H,24,25)(H,26,27)(H,28,29);/q;+4/i;1-2. The van der Waals surface area contributed by atoms with Crippen LogP contribution in [-0.4, -0.2) is 142 Å². The Morgan fingerprint density at radius 1 is 0.467 bits per heavy atom. The SMILES string of the molecule is O=C(O)CN1CCCN(CC(=O)O)CCN(CC(=O)O)CCN(CC(=O)O)CC1.[89Zr+4]. The van der Waals surface area contributed by atoms with Crippen molar-refractivity contribution in [3.63, 3.8) is 0 Å². The molecule has 1 rings (SSSR count). The fraction of sp³-hybridized carbons (Fsp3) is 0.765. The van der Waals surface area contributed by atoms with Gasteiger partial charge >= 0.3 is 50.1 Å². The van der Waals surface area contributed by atoms with Gasteiger partial charge in [-0.2, -0.15) is 0 Å². The second kappa shape index (κ2) is 15.4. The number of carboxylic acid groups (broad SMARTS) is 4. The van der Waals surface area contributed by atoms with Gasteiger partial charge in [0.15, 0.2) is 0 Å². The molecule has 0 aromatic carbocycles. The fourth-order valence-corrected chi connectivity index (χ4v) is 3.21. The largest absolute Gasteiger partial charge is 4.00 e. The number of carboxylic acids is 4. The molecule has 0 bridgehead atoms. The Morgan fingerprint density at radius 2 is 0.667 bits per heavy atom. The van der Waals surface area contributed by atoms with Crippen molar-refractivity contribution >= 4 is 23.9 Å². The molecule has 0 aromatic heterocycles. The molecular formula is C17H30N4O8Zr+4. The normalized spacial score (nSPS) is 18.9. The molecule has 1 saturated heterocycles. The van der Waals surface area contributed by atoms with E-state index in [4.69, 9.17) is 20.4 Å². The summed E-state index contributed by atoms with van der Waals surface area (Å²) in [6.07, 6.45) is 0.540. The molecule has 30 heavy (non-hydrogen) atoms. The molecule has 0 saturated carbocycles. The van der Waals surface area contributed by atoms with E-state index in [0.717, 1.165) is 0 Å². The maximum absolute atomic E-state index is 11.1. The van der Waals surface area contributed by atoms with Crippen LogP contribution in [0, 0.1) is 0 Å². The zero-order valence-electron chi connectivity index (χ0n) is 16.9. The van der Waals surface area contributed by atoms with E-state index >= 15 is 0 Å². The van der Waals surface area contributed by atoms with E-state index in [1.54, 1.807) is 19.6 Å². The summed E-state index contributed by atoms with van der Waals surface area (Å²) < 4.78 is 0. The molecule has 166 valence electrons. The van der Waals surface area contributed by atoms with Crippen LogP contribution in [0.15, 0.2) is 0 Å². The summed E-state index contributed by atoms with van der Waals surface area (Å²) in [5, 5.41) is 36.4. The Balaban J connectivity index is 0.00000841. The van der Waals surface area contributed by atoms with Crippen molar-refractivity contribution in [1.29, 1.82) is 0 Å². The zero-order valence-corrected chi connectivity index (χ0v) is 19.4. The minimum atomic E-state index is -1.02. The monoisotopic (exact) mass is 507 g/mol. The molecule has 1 aliphatic heterocycles. The van der Waals surface area contributed by atoms with E-state index in [1.807, 2.05) is 0 Å². The zero-order chi connectivity index (χ0) is 21.8. The average Bonchev–Trinajstić information content (AvgIpc) is 2.59. The molecule has 12 nitrogen and oxygen atoms in total. The van der Waals surface area contributed by atoms with Crippen LogP contribution in [0.4, 0.5) is 0 Å². The number of aliphatic carboxylic acids is 4. The molecule has 0 aliphatic carbocycles. The van der Waals surface area contributed by atoms with Crippen LogP contribution in [0.5, 0.6) is 0 Å². The summed E-state index contributed by atoms with van der Waals surface area (Å²) in [4.78, 5) is 51.2. The second-order valence-electron chi connectivity index (χ2n) is 7.03. The first-order chi connectivity index (χ1) is 13.7. The third-order valence-corrected chi connectivity index (χ3v) is 4.58. The van der Waals surface area contributed by atoms with Crippen LogP contribution in [0.2, 0.25) is 0 Å². The molecule has 0 radical (unpaired) electrons. The summed E-state index contributed by atoms with van der Waals surface area (Å²) in [5.41, 5.74) is 0. The van der Waals surface area contributed by atoms with Gasteiger partial charge in [0, 0.05) is 52.4 Å². The Morgan fingerprint density at radius 3 is 0.867 bits per heavy atom. The molecule has 1 heterocycles. The fourth-order valence-electron chi connectivity index (χ4n) is 3.21. The Hall–Kier alpha value is -1.40. The van der Waals surface area contributed by atoms with Gasteiger partial charge in [-0.25, -0.2) is 0 Å². The van der Waals surface area contributed by atoms with E-state index in [0.29, 0.717) is 58.8 Å². The van der Waals surface area contributed by atoms with Gasteiger partial charge in [0.1, 0.15) is 0 Å². The minimum absolute atomic E-state index is 0. The van der Waals surface area contributed by atoms with E-state index in [1.165, 1.54) is 0 Å². The third-order valence-electron chi connectivity index (χ3n) is 4.58. The predicted octanol–water partition coefficient (Wildman–Crippen LogP) is -2.07. The molecule has 0 amide bonds. The van der Waals surface area contributed by atoms with Gasteiger partial charge in [0.25, 0.3) is 0 Å². The van der Waals surface area contributed by atoms with Crippen molar-refractivity contribution in [2.24, 2.45) is 0 Å². The number of hydrogen-bond donors (Lipinski definition) is 4. The van der Waals surface area contributed by atoms with Crippen molar-refractivity contribution in [2.45, 2.75) is 6.42 Å². The van der Waals surface area contributed by atoms with Crippen LogP contribution >= 0.6 is 0 Å². The first kappa shape index (κ1) is 28.6. The quantitative estimate of drug-likeness (QED) is 0.285. The Labute approximate surface area is 194 Å². The molecule has 1 aliphatic rings. The van der Waals surface area contributed by atoms with Gasteiger partial charge in [-0.15, -0.1) is 0 Å². The molecule has 4 N–H and O–H groups in total. The number of carbonyl (C=O) groups is 4. The van der Waals surface area contributed by atoms with Gasteiger partial charge < -0.3 is 20.4 Å². The molecule has 0 unspecified atom stereocenters. The van der Waals surface area contributed by atoms with Gasteiger partial charge in [-0.05, 0) is 6.42 Å². The van der Waals surface area contributed by atoms with Crippen LogP contribution < -0.4 is 0 Å². The second-order valence-corrected chi connectivity index (χ2v) is 7.03. The van der Waals surface area contributed by atoms with Crippen molar-refractivity contribution in [3.8, 4) is 0 Å². The summed E-state index contributed by atoms with van der Waals surface area (Å²) in [7, 11) is 0. The first-order valence-electron chi connectivity index (χ1n) is 9.42. The number of rotatable bonds is 8. The van der Waals surface area contributed by atoms with Gasteiger partial charge in [0.05, 0.1) is 26.2 Å². The van der Waals surface area contributed by atoms with Crippen LogP contribution in [0.25, 0.3) is 0 Å². The van der Waals surface area contributed by atoms with E-state index in [-0.39, 0.29) is 52.4 Å². The predicted molar refractivity (Wildman–Crippen MR) is 101 cm³/mol. The van der Waals surface area contributed by atoms with Gasteiger partial charge in [0.2, 0.25) is 0 Å². The number of hydrogen-bond acceptors (Lipinski definition) is 8. The van der Waals surface area contributed by atoms with Crippen molar-refractivity contribution in [3.05, 3.63) is 0 Å². The first-order valence-corrected chi connectivity index (χ1v) is 9.42. The van der Waals surface area contributed by atoms with E-state index in [2.05, 4.69) is 0 Å². The summed E-state index contributed by atoms with van der Waals surface area (Å²) in [5.74, 6) is -4.02. The van der Waals surface area contributed by atoms with E-state index in [9.17, 15) is 19.2 Å². The minimum Gasteiger partial charge on any atom is -0.480 e. The van der Waals surface area contributed by atoms with Crippen LogP contribution in [0.3, 0.4) is 0 Å². The van der Waals surface area contributed by atoms with E-state index < -0.39 is 23.9 Å². The molecule has 13 heteroatoms. The van der Waals surface area contributed by atoms with Crippen LogP contribution in [-0.2, 0) is 45.4 Å². The summed E-state index contributed by atoms with van der Waals surface area (Å²) in [6.45, 7) is 1.99. The smallest absolute Gasteiger partial charge is 0.480 e. The Kier molecular flexibility index (Phi) is 14.7. The Bertz CT molecular complexity index is 532. The molecule has 0 spiro atoms. The van der Waals surface area contributed by atoms with Crippen molar-refractivity contribution in [2.75, 3.05) is 78.5 Å². The van der Waals surface area contributed by atoms with Crippen LogP contribution in [0.1, 0.15) is 6.42 Å². The summed E-state index contributed by atoms with van der Waals surface area (Å²) in [6, 6.07) is 0. The molecule has 0 aromatic rings. The van der Waals surface area contributed by atoms with Gasteiger partial charge in [-0.3, -0.25) is 38.8 Å². The molecule has 0 atom stereocenters. The topological polar surface area (TPSA) is 162 Å². The average molecular weight is 507 g/mol. The van der Waals surface area contributed by atoms with Crippen molar-refractivity contribution in [1.82, 2.24) is 19.6 Å². The maximum atomic E-state index is 11.1. The number of nitrogens with zero attached hydrogens (tertiary/aromatic N) is 4. The third kappa shape index (κ3) is 13.8.